The van der Waals surface area contributed by atoms with Crippen LogP contribution in [0.25, 0.3) is 11.3 Å². The number of ether oxygens (including phenoxy) is 2. The van der Waals surface area contributed by atoms with Gasteiger partial charge in [-0.2, -0.15) is 5.10 Å². The van der Waals surface area contributed by atoms with E-state index in [4.69, 9.17) is 9.47 Å². The first kappa shape index (κ1) is 21.0. The van der Waals surface area contributed by atoms with Gasteiger partial charge in [0.15, 0.2) is 0 Å². The Morgan fingerprint density at radius 1 is 1.16 bits per heavy atom. The molecular formula is C23H27N5O3. The molecule has 1 fully saturated rings. The number of pyridine rings is 1. The van der Waals surface area contributed by atoms with Crippen LogP contribution >= 0.6 is 0 Å². The first-order valence-electron chi connectivity index (χ1n) is 10.4. The van der Waals surface area contributed by atoms with Crippen molar-refractivity contribution in [1.29, 1.82) is 0 Å². The van der Waals surface area contributed by atoms with E-state index in [2.05, 4.69) is 20.3 Å². The van der Waals surface area contributed by atoms with Crippen molar-refractivity contribution >= 4 is 11.6 Å². The fourth-order valence-electron chi connectivity index (χ4n) is 3.55. The molecule has 0 aliphatic carbocycles. The molecule has 1 amide bonds. The van der Waals surface area contributed by atoms with E-state index in [0.717, 1.165) is 55.5 Å². The molecule has 1 aromatic carbocycles. The number of anilines is 1. The van der Waals surface area contributed by atoms with E-state index in [1.54, 1.807) is 17.1 Å². The van der Waals surface area contributed by atoms with Gasteiger partial charge >= 0.3 is 0 Å². The molecule has 8 nitrogen and oxygen atoms in total. The van der Waals surface area contributed by atoms with Crippen molar-refractivity contribution < 1.29 is 14.3 Å². The Morgan fingerprint density at radius 3 is 2.77 bits per heavy atom. The zero-order valence-corrected chi connectivity index (χ0v) is 17.7. The normalized spacial score (nSPS) is 14.4. The Bertz CT molecular complexity index is 999. The van der Waals surface area contributed by atoms with Gasteiger partial charge in [0, 0.05) is 56.0 Å². The number of benzene rings is 1. The van der Waals surface area contributed by atoms with Crippen LogP contribution in [-0.4, -0.2) is 65.0 Å². The van der Waals surface area contributed by atoms with Crippen LogP contribution in [0.4, 0.5) is 5.69 Å². The van der Waals surface area contributed by atoms with Crippen LogP contribution in [0, 0.1) is 0 Å². The van der Waals surface area contributed by atoms with E-state index >= 15 is 0 Å². The van der Waals surface area contributed by atoms with Crippen molar-refractivity contribution in [2.75, 3.05) is 44.8 Å². The van der Waals surface area contributed by atoms with E-state index < -0.39 is 0 Å². The summed E-state index contributed by atoms with van der Waals surface area (Å²) in [5.41, 5.74) is 3.24. The predicted molar refractivity (Wildman–Crippen MR) is 118 cm³/mol. The van der Waals surface area contributed by atoms with Crippen LogP contribution in [0.2, 0.25) is 0 Å². The maximum Gasteiger partial charge on any atom is 0.230 e. The minimum atomic E-state index is -0.115. The zero-order chi connectivity index (χ0) is 21.5. The van der Waals surface area contributed by atoms with Gasteiger partial charge in [-0.15, -0.1) is 0 Å². The van der Waals surface area contributed by atoms with Crippen molar-refractivity contribution in [2.45, 2.75) is 6.42 Å². The summed E-state index contributed by atoms with van der Waals surface area (Å²) < 4.78 is 13.3. The number of rotatable bonds is 8. The monoisotopic (exact) mass is 421 g/mol. The highest BCUT2D eigenvalue weighted by atomic mass is 16.5. The van der Waals surface area contributed by atoms with E-state index in [1.807, 2.05) is 49.5 Å². The predicted octanol–water partition coefficient (Wildman–Crippen LogP) is 2.37. The molecule has 2 aromatic heterocycles. The first-order chi connectivity index (χ1) is 15.2. The number of nitrogens with zero attached hydrogens (tertiary/aromatic N) is 4. The molecule has 0 radical (unpaired) electrons. The second-order valence-electron chi connectivity index (χ2n) is 7.40. The number of carbonyl (C=O) groups excluding carboxylic acids is 1. The van der Waals surface area contributed by atoms with Crippen LogP contribution < -0.4 is 10.1 Å². The number of carbonyl (C=O) groups is 1. The third kappa shape index (κ3) is 5.68. The quantitative estimate of drug-likeness (QED) is 0.601. The molecule has 1 saturated heterocycles. The van der Waals surface area contributed by atoms with Gasteiger partial charge < -0.3 is 14.8 Å². The summed E-state index contributed by atoms with van der Waals surface area (Å²) in [6, 6.07) is 13.2. The van der Waals surface area contributed by atoms with Crippen LogP contribution in [0.3, 0.4) is 0 Å². The van der Waals surface area contributed by atoms with Crippen molar-refractivity contribution in [1.82, 2.24) is 19.7 Å². The summed E-state index contributed by atoms with van der Waals surface area (Å²) in [6.07, 6.45) is 3.66. The third-order valence-corrected chi connectivity index (χ3v) is 5.20. The molecule has 1 aliphatic heterocycles. The van der Waals surface area contributed by atoms with Gasteiger partial charge in [-0.3, -0.25) is 19.4 Å². The molecule has 0 atom stereocenters. The maximum absolute atomic E-state index is 12.5. The van der Waals surface area contributed by atoms with Crippen molar-refractivity contribution in [3.05, 3.63) is 60.6 Å². The molecule has 162 valence electrons. The molecule has 4 rings (SSSR count). The lowest BCUT2D eigenvalue weighted by atomic mass is 10.1. The lowest BCUT2D eigenvalue weighted by Gasteiger charge is -2.26. The first-order valence-corrected chi connectivity index (χ1v) is 10.4. The fraction of sp³-hybridized carbons (Fsp3) is 0.348. The summed E-state index contributed by atoms with van der Waals surface area (Å²) in [5, 5.41) is 7.24. The lowest BCUT2D eigenvalue weighted by Crippen LogP contribution is -2.38. The van der Waals surface area contributed by atoms with Crippen LogP contribution in [0.1, 0.15) is 5.69 Å². The number of aryl methyl sites for hydroxylation is 1. The summed E-state index contributed by atoms with van der Waals surface area (Å²) in [6.45, 7) is 4.83. The van der Waals surface area contributed by atoms with Gasteiger partial charge in [0.05, 0.1) is 25.3 Å². The van der Waals surface area contributed by atoms with Gasteiger partial charge in [-0.1, -0.05) is 6.07 Å². The average Bonchev–Trinajstić information content (AvgIpc) is 3.21. The number of aromatic nitrogens is 3. The third-order valence-electron chi connectivity index (χ3n) is 5.20. The van der Waals surface area contributed by atoms with Crippen molar-refractivity contribution in [2.24, 2.45) is 7.05 Å². The topological polar surface area (TPSA) is 81.5 Å². The Kier molecular flexibility index (Phi) is 6.91. The van der Waals surface area contributed by atoms with Gasteiger partial charge in [-0.25, -0.2) is 0 Å². The number of morpholine rings is 1. The fourth-order valence-corrected chi connectivity index (χ4v) is 3.55. The molecule has 0 unspecified atom stereocenters. The van der Waals surface area contributed by atoms with E-state index in [1.165, 1.54) is 0 Å². The van der Waals surface area contributed by atoms with Crippen molar-refractivity contribution in [3.8, 4) is 17.0 Å². The van der Waals surface area contributed by atoms with Crippen LogP contribution in [0.15, 0.2) is 54.9 Å². The lowest BCUT2D eigenvalue weighted by molar-refractivity contribution is -0.115. The summed E-state index contributed by atoms with van der Waals surface area (Å²) in [7, 11) is 1.89. The SMILES string of the molecule is Cn1nccc1-c1cc(NC(=O)Cc2ccccn2)ccc1OCCN1CCOCC1. The molecule has 31 heavy (non-hydrogen) atoms. The Balaban J connectivity index is 1.46. The molecule has 1 aliphatic rings. The highest BCUT2D eigenvalue weighted by Crippen LogP contribution is 2.32. The molecule has 0 saturated carbocycles. The Morgan fingerprint density at radius 2 is 2.03 bits per heavy atom. The van der Waals surface area contributed by atoms with Crippen LogP contribution in [-0.2, 0) is 23.0 Å². The standard InChI is InChI=1S/C23H27N5O3/c1-27-21(7-9-25-27)20-16-19(26-23(29)17-18-4-2-3-8-24-18)5-6-22(20)31-15-12-28-10-13-30-14-11-28/h2-9,16H,10-15,17H2,1H3,(H,26,29). The molecule has 1 N–H and O–H groups in total. The minimum absolute atomic E-state index is 0.115. The Hall–Kier alpha value is -3.23. The van der Waals surface area contributed by atoms with Gasteiger partial charge in [-0.05, 0) is 36.4 Å². The number of hydrogen-bond donors (Lipinski definition) is 1. The molecule has 3 heterocycles. The molecule has 0 spiro atoms. The van der Waals surface area contributed by atoms with Gasteiger partial charge in [0.2, 0.25) is 5.91 Å². The zero-order valence-electron chi connectivity index (χ0n) is 17.7. The van der Waals surface area contributed by atoms with Gasteiger partial charge in [0.25, 0.3) is 0 Å². The summed E-state index contributed by atoms with van der Waals surface area (Å²) in [4.78, 5) is 19.0. The number of amides is 1. The number of nitrogens with one attached hydrogen (secondary N) is 1. The molecule has 3 aromatic rings. The molecular weight excluding hydrogens is 394 g/mol. The highest BCUT2D eigenvalue weighted by molar-refractivity contribution is 5.93. The van der Waals surface area contributed by atoms with E-state index in [-0.39, 0.29) is 12.3 Å². The van der Waals surface area contributed by atoms with Gasteiger partial charge in [0.1, 0.15) is 12.4 Å². The summed E-state index contributed by atoms with van der Waals surface area (Å²) in [5.74, 6) is 0.648. The average molecular weight is 422 g/mol. The largest absolute Gasteiger partial charge is 0.492 e. The molecule has 8 heteroatoms. The second kappa shape index (κ2) is 10.2. The Labute approximate surface area is 181 Å². The maximum atomic E-state index is 12.5. The highest BCUT2D eigenvalue weighted by Gasteiger charge is 2.15. The van der Waals surface area contributed by atoms with Crippen LogP contribution in [0.5, 0.6) is 5.75 Å². The number of hydrogen-bond acceptors (Lipinski definition) is 6. The van der Waals surface area contributed by atoms with E-state index in [0.29, 0.717) is 12.3 Å². The van der Waals surface area contributed by atoms with Crippen molar-refractivity contribution in [3.63, 3.8) is 0 Å². The molecule has 0 bridgehead atoms. The minimum Gasteiger partial charge on any atom is -0.492 e. The summed E-state index contributed by atoms with van der Waals surface area (Å²) >= 11 is 0. The second-order valence-corrected chi connectivity index (χ2v) is 7.40. The smallest absolute Gasteiger partial charge is 0.230 e. The van der Waals surface area contributed by atoms with E-state index in [9.17, 15) is 4.79 Å².